The largest absolute Gasteiger partial charge is 0.481 e. The molecule has 0 aliphatic carbocycles. The first-order valence-electron chi connectivity index (χ1n) is 20.8. The molecule has 2 atom stereocenters. The summed E-state index contributed by atoms with van der Waals surface area (Å²) in [4.78, 5) is 12.7. The Labute approximate surface area is 371 Å². The topological polar surface area (TPSA) is 244 Å². The summed E-state index contributed by atoms with van der Waals surface area (Å²) in [5.74, 6) is -1.43. The third-order valence-electron chi connectivity index (χ3n) is 11.3. The van der Waals surface area contributed by atoms with Crippen molar-refractivity contribution in [2.45, 2.75) is 86.3 Å². The number of carbonyl (C=O) groups is 1. The van der Waals surface area contributed by atoms with Crippen molar-refractivity contribution in [3.05, 3.63) is 83.6 Å². The molecule has 2 aromatic carbocycles. The molecule has 63 heavy (non-hydrogen) atoms. The molecule has 2 heterocycles. The summed E-state index contributed by atoms with van der Waals surface area (Å²) in [5.41, 5.74) is 2.46. The lowest BCUT2D eigenvalue weighted by Gasteiger charge is -2.30. The van der Waals surface area contributed by atoms with Crippen LogP contribution in [0, 0.1) is 0 Å². The molecule has 4 N–H and O–H groups in total. The second-order valence-electron chi connectivity index (χ2n) is 15.7. The Kier molecular flexibility index (Phi) is 18.8. The average molecular weight is 942 g/mol. The molecule has 0 saturated heterocycles. The molecule has 2 aromatic rings. The Bertz CT molecular complexity index is 2380. The lowest BCUT2D eigenvalue weighted by molar-refractivity contribution is -0.438. The molecule has 350 valence electrons. The molecule has 0 radical (unpaired) electrons. The number of nitrogens with zero attached hydrogens (tertiary/aromatic N) is 2. The third kappa shape index (κ3) is 14.1. The van der Waals surface area contributed by atoms with E-state index in [-0.39, 0.29) is 29.1 Å². The van der Waals surface area contributed by atoms with Crippen molar-refractivity contribution in [1.29, 1.82) is 0 Å². The Hall–Kier alpha value is -3.83. The van der Waals surface area contributed by atoms with Gasteiger partial charge in [-0.05, 0) is 94.8 Å². The van der Waals surface area contributed by atoms with Crippen LogP contribution in [-0.2, 0) is 64.9 Å². The van der Waals surface area contributed by atoms with Crippen LogP contribution in [0.1, 0.15) is 76.8 Å². The fourth-order valence-corrected chi connectivity index (χ4v) is 9.66. The van der Waals surface area contributed by atoms with Crippen molar-refractivity contribution in [3.8, 4) is 0 Å². The maximum Gasteiger partial charge on any atom is 0.303 e. The van der Waals surface area contributed by atoms with Crippen LogP contribution >= 0.6 is 0 Å². The summed E-state index contributed by atoms with van der Waals surface area (Å²) in [6.07, 6.45) is 11.5. The zero-order valence-corrected chi connectivity index (χ0v) is 38.7. The molecule has 0 spiro atoms. The number of carboxylic acid groups (broad SMARTS) is 1. The van der Waals surface area contributed by atoms with E-state index in [9.17, 15) is 43.7 Å². The lowest BCUT2D eigenvalue weighted by atomic mass is 9.76. The second-order valence-corrected chi connectivity index (χ2v) is 20.1. The van der Waals surface area contributed by atoms with Crippen molar-refractivity contribution in [3.63, 3.8) is 0 Å². The molecule has 0 aromatic heterocycles. The molecule has 0 amide bonds. The Balaban J connectivity index is 1.68. The molecular weight excluding hydrogens is 881 g/mol. The van der Waals surface area contributed by atoms with E-state index < -0.39 is 52.9 Å². The normalized spacial score (nSPS) is 19.9. The Morgan fingerprint density at radius 2 is 1.33 bits per heavy atom. The van der Waals surface area contributed by atoms with Gasteiger partial charge in [-0.25, -0.2) is 0 Å². The summed E-state index contributed by atoms with van der Waals surface area (Å²) in [6, 6.07) is 8.78. The van der Waals surface area contributed by atoms with Gasteiger partial charge in [-0.2, -0.15) is 29.8 Å². The molecule has 0 bridgehead atoms. The molecule has 2 aliphatic heterocycles. The molecule has 4 rings (SSSR count). The first-order valence-corrected chi connectivity index (χ1v) is 25.3. The van der Waals surface area contributed by atoms with Gasteiger partial charge in [0.15, 0.2) is 5.71 Å². The number of carboxylic acids is 1. The second kappa shape index (κ2) is 22.9. The van der Waals surface area contributed by atoms with E-state index in [0.29, 0.717) is 108 Å². The van der Waals surface area contributed by atoms with Gasteiger partial charge in [-0.15, -0.1) is 0 Å². The van der Waals surface area contributed by atoms with Crippen molar-refractivity contribution in [1.82, 2.24) is 0 Å². The quantitative estimate of drug-likeness (QED) is 0.0345. The van der Waals surface area contributed by atoms with Crippen LogP contribution in [0.3, 0.4) is 0 Å². The number of hydrogen-bond donors (Lipinski definition) is 4. The molecule has 17 nitrogen and oxygen atoms in total. The van der Waals surface area contributed by atoms with Crippen LogP contribution in [-0.4, -0.2) is 132 Å². The molecule has 0 fully saturated rings. The fourth-order valence-electron chi connectivity index (χ4n) is 8.14. The number of unbranched alkanes of at least 4 members (excludes halogenated alkanes) is 2. The number of rotatable bonds is 28. The minimum atomic E-state index is -4.60. The smallest absolute Gasteiger partial charge is 0.303 e. The zero-order chi connectivity index (χ0) is 46.5. The van der Waals surface area contributed by atoms with E-state index in [4.69, 9.17) is 24.1 Å². The first kappa shape index (κ1) is 51.8. The van der Waals surface area contributed by atoms with Crippen molar-refractivity contribution in [2.24, 2.45) is 0 Å². The number of aliphatic carboxylic acids is 1. The molecular formula is C43H61N2O15S3+. The first-order chi connectivity index (χ1) is 29.7. The minimum absolute atomic E-state index is 0.00815. The fraction of sp³-hybridized carbons (Fsp3) is 0.535. The van der Waals surface area contributed by atoms with Crippen LogP contribution in [0.4, 0.5) is 11.4 Å². The highest BCUT2D eigenvalue weighted by molar-refractivity contribution is 7.86. The van der Waals surface area contributed by atoms with E-state index in [2.05, 4.69) is 4.90 Å². The number of likely N-dealkylation sites (N-methyl/N-ethyl adjacent to an activating group) is 1. The van der Waals surface area contributed by atoms with Gasteiger partial charge in [-0.3, -0.25) is 18.5 Å². The van der Waals surface area contributed by atoms with Crippen molar-refractivity contribution in [2.75, 3.05) is 77.1 Å². The van der Waals surface area contributed by atoms with Crippen LogP contribution in [0.5, 0.6) is 0 Å². The number of hydrogen-bond acceptors (Lipinski definition) is 12. The number of allylic oxidation sites excluding steroid dienone is 6. The van der Waals surface area contributed by atoms with Gasteiger partial charge in [0.1, 0.15) is 6.54 Å². The Morgan fingerprint density at radius 1 is 0.730 bits per heavy atom. The molecule has 2 unspecified atom stereocenters. The van der Waals surface area contributed by atoms with Crippen molar-refractivity contribution < 1.29 is 72.3 Å². The number of ether oxygens (including phenoxy) is 4. The third-order valence-corrected chi connectivity index (χ3v) is 13.8. The summed E-state index contributed by atoms with van der Waals surface area (Å²) in [7, 11) is -11.8. The predicted octanol–water partition coefficient (Wildman–Crippen LogP) is 5.73. The van der Waals surface area contributed by atoms with Gasteiger partial charge in [0.05, 0.1) is 60.6 Å². The van der Waals surface area contributed by atoms with E-state index in [1.165, 1.54) is 24.3 Å². The van der Waals surface area contributed by atoms with Crippen LogP contribution in [0.2, 0.25) is 0 Å². The van der Waals surface area contributed by atoms with Crippen molar-refractivity contribution >= 4 is 53.4 Å². The number of benzene rings is 2. The van der Waals surface area contributed by atoms with Gasteiger partial charge in [0, 0.05) is 67.6 Å². The highest BCUT2D eigenvalue weighted by atomic mass is 32.2. The minimum Gasteiger partial charge on any atom is -0.481 e. The van der Waals surface area contributed by atoms with Gasteiger partial charge in [0.25, 0.3) is 30.4 Å². The van der Waals surface area contributed by atoms with Gasteiger partial charge >= 0.3 is 5.97 Å². The molecule has 20 heteroatoms. The van der Waals surface area contributed by atoms with Gasteiger partial charge in [-0.1, -0.05) is 18.2 Å². The zero-order valence-electron chi connectivity index (χ0n) is 36.3. The van der Waals surface area contributed by atoms with E-state index in [1.807, 2.05) is 43.6 Å². The van der Waals surface area contributed by atoms with Crippen LogP contribution in [0.15, 0.2) is 82.3 Å². The highest BCUT2D eigenvalue weighted by Crippen LogP contribution is 2.50. The van der Waals surface area contributed by atoms with Crippen LogP contribution in [0.25, 0.3) is 0 Å². The summed E-state index contributed by atoms with van der Waals surface area (Å²) in [6.45, 7) is 9.52. The SMILES string of the molecule is CCN1/C(=C/C=C/C=C/C2=[N+](CCCCCC(=O)O)c3ccc(S(=O)(=O)O)cc3C2(C)CCCS(=O)(=O)O)C(C)(CCOCCOCCOCCOC)c2cc(S(=O)(=O)O)ccc21. The maximum absolute atomic E-state index is 12.3. The van der Waals surface area contributed by atoms with E-state index in [0.717, 1.165) is 11.4 Å². The summed E-state index contributed by atoms with van der Waals surface area (Å²) < 4.78 is 126. The highest BCUT2D eigenvalue weighted by Gasteiger charge is 2.48. The maximum atomic E-state index is 12.3. The Morgan fingerprint density at radius 3 is 1.92 bits per heavy atom. The van der Waals surface area contributed by atoms with Crippen LogP contribution < -0.4 is 4.90 Å². The molecule has 2 aliphatic rings. The lowest BCUT2D eigenvalue weighted by Crippen LogP contribution is -2.32. The predicted molar refractivity (Wildman–Crippen MR) is 237 cm³/mol. The number of methoxy groups -OCH3 is 1. The molecule has 0 saturated carbocycles. The van der Waals surface area contributed by atoms with E-state index in [1.54, 1.807) is 31.4 Å². The monoisotopic (exact) mass is 941 g/mol. The number of anilines is 1. The van der Waals surface area contributed by atoms with Gasteiger partial charge in [0.2, 0.25) is 5.69 Å². The summed E-state index contributed by atoms with van der Waals surface area (Å²) in [5, 5.41) is 9.14. The van der Waals surface area contributed by atoms with E-state index >= 15 is 0 Å². The number of fused-ring (bicyclic) bond motifs is 2. The van der Waals surface area contributed by atoms with Gasteiger partial charge < -0.3 is 29.0 Å². The standard InChI is InChI=1S/C43H60N2O15S3/c1-5-44-37-18-16-33(62(51,52)53)31-35(37)43(3,21-23-58-26-27-60-29-28-59-25-24-57-4)39(44)13-8-6-9-14-40-42(2,20-12-30-61(48,49)50)36-32-34(63(54,55)56)17-19-38(36)45(40)22-11-7-10-15-41(46)47/h6,8-9,13-14,16-19,31-32H,5,7,10-12,15,20-30H2,1-4H3,(H3-,46,47,48,49,50,51,52,53,54,55,56)/p+1. The average Bonchev–Trinajstić information content (AvgIpc) is 3.58. The summed E-state index contributed by atoms with van der Waals surface area (Å²) >= 11 is 0.